The van der Waals surface area contributed by atoms with Gasteiger partial charge in [-0.25, -0.2) is 9.78 Å². The second kappa shape index (κ2) is 7.01. The highest BCUT2D eigenvalue weighted by molar-refractivity contribution is 6.06. The summed E-state index contributed by atoms with van der Waals surface area (Å²) in [5.41, 5.74) is 1.05. The van der Waals surface area contributed by atoms with Crippen LogP contribution in [0.25, 0.3) is 11.0 Å². The zero-order valence-corrected chi connectivity index (χ0v) is 15.9. The number of aromatic amines is 1. The number of benzene rings is 1. The van der Waals surface area contributed by atoms with Crippen LogP contribution >= 0.6 is 0 Å². The number of aryl methyl sites for hydroxylation is 1. The third kappa shape index (κ3) is 3.42. The Morgan fingerprint density at radius 2 is 1.90 bits per heavy atom. The van der Waals surface area contributed by atoms with Crippen molar-refractivity contribution in [3.8, 4) is 0 Å². The molecule has 2 amide bonds. The minimum Gasteiger partial charge on any atom is -0.355 e. The van der Waals surface area contributed by atoms with Gasteiger partial charge in [0.25, 0.3) is 17.4 Å². The van der Waals surface area contributed by atoms with E-state index in [2.05, 4.69) is 20.6 Å². The molecule has 2 aromatic heterocycles. The minimum absolute atomic E-state index is 0.0316. The van der Waals surface area contributed by atoms with E-state index in [0.717, 1.165) is 18.4 Å². The topological polar surface area (TPSA) is 126 Å². The van der Waals surface area contributed by atoms with E-state index in [4.69, 9.17) is 0 Å². The molecule has 1 aliphatic carbocycles. The summed E-state index contributed by atoms with van der Waals surface area (Å²) in [6, 6.07) is 6.44. The van der Waals surface area contributed by atoms with E-state index in [-0.39, 0.29) is 28.5 Å². The molecule has 2 heterocycles. The number of hydrogen-bond acceptors (Lipinski definition) is 5. The number of amides is 2. The van der Waals surface area contributed by atoms with Crippen LogP contribution in [-0.2, 0) is 0 Å². The number of anilines is 1. The molecule has 0 spiro atoms. The Bertz CT molecular complexity index is 1270. The summed E-state index contributed by atoms with van der Waals surface area (Å²) < 4.78 is 1.47. The summed E-state index contributed by atoms with van der Waals surface area (Å²) in [5, 5.41) is 5.47. The molecular weight excluding hydrogens is 374 g/mol. The van der Waals surface area contributed by atoms with Crippen LogP contribution in [0.4, 0.5) is 5.69 Å². The molecule has 0 saturated heterocycles. The highest BCUT2D eigenvalue weighted by Crippen LogP contribution is 2.34. The van der Waals surface area contributed by atoms with Crippen LogP contribution in [0.2, 0.25) is 0 Å². The summed E-state index contributed by atoms with van der Waals surface area (Å²) in [6.45, 7) is 1.81. The van der Waals surface area contributed by atoms with Gasteiger partial charge in [-0.1, -0.05) is 6.07 Å². The number of carbonyl (C=O) groups is 2. The Morgan fingerprint density at radius 1 is 1.14 bits per heavy atom. The second-order valence-corrected chi connectivity index (χ2v) is 7.02. The normalized spacial score (nSPS) is 13.3. The molecule has 0 bridgehead atoms. The smallest absolute Gasteiger partial charge is 0.330 e. The molecule has 0 aliphatic heterocycles. The van der Waals surface area contributed by atoms with Gasteiger partial charge in [0.05, 0.1) is 10.9 Å². The van der Waals surface area contributed by atoms with Crippen LogP contribution in [0.15, 0.2) is 40.1 Å². The highest BCUT2D eigenvalue weighted by atomic mass is 16.2. The van der Waals surface area contributed by atoms with Gasteiger partial charge in [0.1, 0.15) is 5.65 Å². The van der Waals surface area contributed by atoms with Gasteiger partial charge < -0.3 is 10.6 Å². The predicted octanol–water partition coefficient (Wildman–Crippen LogP) is 1.34. The third-order valence-corrected chi connectivity index (χ3v) is 4.93. The lowest BCUT2D eigenvalue weighted by Crippen LogP contribution is -2.30. The van der Waals surface area contributed by atoms with Gasteiger partial charge in [-0.2, -0.15) is 0 Å². The van der Waals surface area contributed by atoms with Crippen molar-refractivity contribution in [1.82, 2.24) is 19.9 Å². The highest BCUT2D eigenvalue weighted by Gasteiger charge is 2.27. The van der Waals surface area contributed by atoms with Crippen molar-refractivity contribution in [3.63, 3.8) is 0 Å². The molecule has 9 nitrogen and oxygen atoms in total. The first-order valence-corrected chi connectivity index (χ1v) is 9.17. The molecule has 9 heteroatoms. The number of fused-ring (bicyclic) bond motifs is 1. The van der Waals surface area contributed by atoms with Crippen molar-refractivity contribution in [2.24, 2.45) is 0 Å². The van der Waals surface area contributed by atoms with Crippen LogP contribution < -0.4 is 21.9 Å². The molecule has 3 aromatic rings. The van der Waals surface area contributed by atoms with Crippen molar-refractivity contribution in [1.29, 1.82) is 0 Å². The lowest BCUT2D eigenvalue weighted by atomic mass is 10.1. The first-order chi connectivity index (χ1) is 13.9. The van der Waals surface area contributed by atoms with E-state index < -0.39 is 17.2 Å². The van der Waals surface area contributed by atoms with E-state index in [0.29, 0.717) is 11.3 Å². The molecule has 0 unspecified atom stereocenters. The average molecular weight is 393 g/mol. The Morgan fingerprint density at radius 3 is 2.59 bits per heavy atom. The monoisotopic (exact) mass is 393 g/mol. The van der Waals surface area contributed by atoms with Crippen LogP contribution in [0.1, 0.15) is 45.2 Å². The maximum atomic E-state index is 12.7. The number of carbonyl (C=O) groups excluding carboxylic acids is 2. The maximum absolute atomic E-state index is 12.7. The van der Waals surface area contributed by atoms with Crippen molar-refractivity contribution >= 4 is 28.5 Å². The van der Waals surface area contributed by atoms with Gasteiger partial charge >= 0.3 is 5.69 Å². The number of pyridine rings is 1. The number of rotatable bonds is 4. The molecule has 0 atom stereocenters. The predicted molar refractivity (Wildman–Crippen MR) is 107 cm³/mol. The van der Waals surface area contributed by atoms with Gasteiger partial charge in [-0.05, 0) is 43.5 Å². The Hall–Kier alpha value is -3.75. The van der Waals surface area contributed by atoms with E-state index in [9.17, 15) is 19.2 Å². The number of nitrogens with zero attached hydrogens (tertiary/aromatic N) is 2. The number of nitrogens with one attached hydrogen (secondary N) is 3. The number of H-pyrrole nitrogens is 1. The zero-order chi connectivity index (χ0) is 20.7. The van der Waals surface area contributed by atoms with Gasteiger partial charge in [-0.15, -0.1) is 0 Å². The lowest BCUT2D eigenvalue weighted by Gasteiger charge is -2.11. The Labute approximate surface area is 164 Å². The molecule has 0 radical (unpaired) electrons. The summed E-state index contributed by atoms with van der Waals surface area (Å²) in [4.78, 5) is 55.4. The van der Waals surface area contributed by atoms with Crippen molar-refractivity contribution in [3.05, 3.63) is 68.0 Å². The number of aromatic nitrogens is 3. The molecule has 4 rings (SSSR count). The molecule has 29 heavy (non-hydrogen) atoms. The number of hydrogen-bond donors (Lipinski definition) is 3. The molecule has 1 saturated carbocycles. The van der Waals surface area contributed by atoms with Crippen LogP contribution in [0.5, 0.6) is 0 Å². The van der Waals surface area contributed by atoms with Gasteiger partial charge in [0, 0.05) is 30.5 Å². The maximum Gasteiger partial charge on any atom is 0.330 e. The average Bonchev–Trinajstić information content (AvgIpc) is 3.53. The summed E-state index contributed by atoms with van der Waals surface area (Å²) in [6.07, 6.45) is 3.05. The van der Waals surface area contributed by atoms with E-state index in [1.165, 1.54) is 23.9 Å². The third-order valence-electron chi connectivity index (χ3n) is 4.93. The van der Waals surface area contributed by atoms with Gasteiger partial charge in [-0.3, -0.25) is 23.9 Å². The molecule has 1 aromatic carbocycles. The van der Waals surface area contributed by atoms with Crippen LogP contribution in [0.3, 0.4) is 0 Å². The van der Waals surface area contributed by atoms with E-state index in [1.54, 1.807) is 25.1 Å². The molecule has 148 valence electrons. The van der Waals surface area contributed by atoms with Crippen LogP contribution in [-0.4, -0.2) is 33.4 Å². The molecule has 3 N–H and O–H groups in total. The van der Waals surface area contributed by atoms with Crippen molar-refractivity contribution in [2.45, 2.75) is 25.8 Å². The molecular formula is C20H19N5O4. The summed E-state index contributed by atoms with van der Waals surface area (Å²) >= 11 is 0. The fourth-order valence-electron chi connectivity index (χ4n) is 3.17. The van der Waals surface area contributed by atoms with E-state index >= 15 is 0 Å². The molecule has 1 fully saturated rings. The fourth-order valence-corrected chi connectivity index (χ4v) is 3.17. The first kappa shape index (κ1) is 18.6. The first-order valence-electron chi connectivity index (χ1n) is 9.17. The quantitative estimate of drug-likeness (QED) is 0.617. The second-order valence-electron chi connectivity index (χ2n) is 7.02. The van der Waals surface area contributed by atoms with Crippen molar-refractivity contribution < 1.29 is 9.59 Å². The zero-order valence-electron chi connectivity index (χ0n) is 15.9. The lowest BCUT2D eigenvalue weighted by molar-refractivity contribution is 0.0961. The van der Waals surface area contributed by atoms with Crippen LogP contribution in [0, 0.1) is 6.92 Å². The standard InChI is InChI=1S/C20H19N5O4/c1-10-3-4-11(17(26)21-2)8-15(10)23-18(27)12-7-14-16(22-9-12)25(13-5-6-13)20(29)24-19(14)28/h3-4,7-9,13H,5-6H2,1-2H3,(H,21,26)(H,23,27)(H,24,28,29). The van der Waals surface area contributed by atoms with Gasteiger partial charge in [0.15, 0.2) is 0 Å². The van der Waals surface area contributed by atoms with Gasteiger partial charge in [0.2, 0.25) is 0 Å². The fraction of sp³-hybridized carbons (Fsp3) is 0.250. The Kier molecular flexibility index (Phi) is 4.50. The minimum atomic E-state index is -0.582. The Balaban J connectivity index is 1.71. The largest absolute Gasteiger partial charge is 0.355 e. The molecule has 1 aliphatic rings. The SMILES string of the molecule is CNC(=O)c1ccc(C)c(NC(=O)c2cnc3c(c2)c(=O)[nH]c(=O)n3C2CC2)c1. The summed E-state index contributed by atoms with van der Waals surface area (Å²) in [7, 11) is 1.53. The summed E-state index contributed by atoms with van der Waals surface area (Å²) in [5.74, 6) is -0.738. The van der Waals surface area contributed by atoms with E-state index in [1.807, 2.05) is 0 Å². The van der Waals surface area contributed by atoms with Crippen molar-refractivity contribution in [2.75, 3.05) is 12.4 Å².